The molecule has 0 aromatic carbocycles. The number of anilines is 1. The van der Waals surface area contributed by atoms with Crippen LogP contribution in [0.5, 0.6) is 0 Å². The van der Waals surface area contributed by atoms with Crippen molar-refractivity contribution in [2.45, 2.75) is 53.0 Å². The van der Waals surface area contributed by atoms with Gasteiger partial charge in [-0.1, -0.05) is 13.8 Å². The van der Waals surface area contributed by atoms with Crippen LogP contribution in [0.1, 0.15) is 45.9 Å². The number of ketones is 1. The zero-order chi connectivity index (χ0) is 14.4. The molecular formula is C14H21N3O2. The highest BCUT2D eigenvalue weighted by Gasteiger charge is 2.46. The van der Waals surface area contributed by atoms with Crippen LogP contribution >= 0.6 is 0 Å². The van der Waals surface area contributed by atoms with Gasteiger partial charge in [-0.3, -0.25) is 9.59 Å². The van der Waals surface area contributed by atoms with Gasteiger partial charge in [-0.15, -0.1) is 0 Å². The Morgan fingerprint density at radius 2 is 2.05 bits per heavy atom. The summed E-state index contributed by atoms with van der Waals surface area (Å²) in [5.41, 5.74) is 1.69. The quantitative estimate of drug-likeness (QED) is 0.906. The van der Waals surface area contributed by atoms with E-state index in [0.29, 0.717) is 13.0 Å². The lowest BCUT2D eigenvalue weighted by molar-refractivity contribution is -0.122. The van der Waals surface area contributed by atoms with Crippen molar-refractivity contribution in [1.82, 2.24) is 9.78 Å². The first kappa shape index (κ1) is 13.8. The molecule has 0 radical (unpaired) electrons. The highest BCUT2D eigenvalue weighted by molar-refractivity contribution is 5.90. The van der Waals surface area contributed by atoms with Crippen molar-refractivity contribution < 1.29 is 9.59 Å². The van der Waals surface area contributed by atoms with Crippen LogP contribution in [0.25, 0.3) is 0 Å². The van der Waals surface area contributed by atoms with Gasteiger partial charge in [0.25, 0.3) is 0 Å². The van der Waals surface area contributed by atoms with Crippen LogP contribution in [0.15, 0.2) is 0 Å². The van der Waals surface area contributed by atoms with Gasteiger partial charge in [0.2, 0.25) is 5.91 Å². The SMILES string of the molecule is CCn1nc2c(c1NC(C)=O)CC(C(C)=O)C2(C)C. The van der Waals surface area contributed by atoms with E-state index in [-0.39, 0.29) is 23.0 Å². The lowest BCUT2D eigenvalue weighted by atomic mass is 9.79. The number of fused-ring (bicyclic) bond motifs is 1. The molecule has 0 fully saturated rings. The zero-order valence-electron chi connectivity index (χ0n) is 12.2. The molecule has 0 saturated carbocycles. The Morgan fingerprint density at radius 3 is 2.53 bits per heavy atom. The largest absolute Gasteiger partial charge is 0.311 e. The van der Waals surface area contributed by atoms with Gasteiger partial charge in [-0.05, 0) is 20.3 Å². The highest BCUT2D eigenvalue weighted by atomic mass is 16.1. The Morgan fingerprint density at radius 1 is 1.42 bits per heavy atom. The Bertz CT molecular complexity index is 543. The number of aryl methyl sites for hydroxylation is 1. The molecule has 1 amide bonds. The lowest BCUT2D eigenvalue weighted by Gasteiger charge is -2.24. The van der Waals surface area contributed by atoms with Gasteiger partial charge in [-0.25, -0.2) is 4.68 Å². The van der Waals surface area contributed by atoms with Crippen LogP contribution in [0.3, 0.4) is 0 Å². The Hall–Kier alpha value is -1.65. The molecule has 0 aliphatic heterocycles. The van der Waals surface area contributed by atoms with Gasteiger partial charge in [-0.2, -0.15) is 5.10 Å². The second kappa shape index (κ2) is 4.47. The molecule has 0 bridgehead atoms. The van der Waals surface area contributed by atoms with Crippen LogP contribution in [-0.4, -0.2) is 21.5 Å². The number of nitrogens with zero attached hydrogens (tertiary/aromatic N) is 2. The summed E-state index contributed by atoms with van der Waals surface area (Å²) >= 11 is 0. The average molecular weight is 263 g/mol. The van der Waals surface area contributed by atoms with Gasteiger partial charge in [0.15, 0.2) is 0 Å². The average Bonchev–Trinajstić information content (AvgIpc) is 2.75. The number of carbonyl (C=O) groups is 2. The Kier molecular flexibility index (Phi) is 3.24. The summed E-state index contributed by atoms with van der Waals surface area (Å²) in [6.07, 6.45) is 0.660. The predicted molar refractivity (Wildman–Crippen MR) is 73.1 cm³/mol. The summed E-state index contributed by atoms with van der Waals surface area (Å²) in [6.45, 7) is 9.91. The normalized spacial score (nSPS) is 20.2. The maximum atomic E-state index is 11.8. The second-order valence-electron chi connectivity index (χ2n) is 5.76. The molecular weight excluding hydrogens is 242 g/mol. The molecule has 5 heteroatoms. The van der Waals surface area contributed by atoms with E-state index in [2.05, 4.69) is 24.3 Å². The molecule has 5 nitrogen and oxygen atoms in total. The Balaban J connectivity index is 2.52. The molecule has 1 atom stereocenters. The molecule has 1 unspecified atom stereocenters. The number of nitrogens with one attached hydrogen (secondary N) is 1. The molecule has 1 heterocycles. The first-order valence-electron chi connectivity index (χ1n) is 6.67. The molecule has 1 N–H and O–H groups in total. The lowest BCUT2D eigenvalue weighted by Crippen LogP contribution is -2.30. The van der Waals surface area contributed by atoms with Crippen LogP contribution in [0, 0.1) is 5.92 Å². The van der Waals surface area contributed by atoms with E-state index in [1.54, 1.807) is 6.92 Å². The molecule has 0 saturated heterocycles. The van der Waals surface area contributed by atoms with Gasteiger partial charge in [0.05, 0.1) is 5.69 Å². The maximum Gasteiger partial charge on any atom is 0.222 e. The zero-order valence-corrected chi connectivity index (χ0v) is 12.2. The molecule has 1 aromatic rings. The summed E-state index contributed by atoms with van der Waals surface area (Å²) in [4.78, 5) is 23.1. The summed E-state index contributed by atoms with van der Waals surface area (Å²) in [7, 11) is 0. The highest BCUT2D eigenvalue weighted by Crippen LogP contribution is 2.45. The minimum Gasteiger partial charge on any atom is -0.311 e. The number of Topliss-reactive ketones (excluding diaryl/α,β-unsaturated/α-hetero) is 1. The summed E-state index contributed by atoms with van der Waals surface area (Å²) in [5.74, 6) is 0.771. The Labute approximate surface area is 113 Å². The molecule has 19 heavy (non-hydrogen) atoms. The van der Waals surface area contributed by atoms with Crippen LogP contribution < -0.4 is 5.32 Å². The minimum absolute atomic E-state index is 0.0518. The van der Waals surface area contributed by atoms with Crippen LogP contribution in [0.2, 0.25) is 0 Å². The molecule has 1 aromatic heterocycles. The first-order chi connectivity index (χ1) is 8.78. The third-order valence-corrected chi connectivity index (χ3v) is 4.02. The third kappa shape index (κ3) is 2.07. The van der Waals surface area contributed by atoms with E-state index in [1.165, 1.54) is 6.92 Å². The van der Waals surface area contributed by atoms with Crippen molar-refractivity contribution in [2.75, 3.05) is 5.32 Å². The summed E-state index contributed by atoms with van der Waals surface area (Å²) in [6, 6.07) is 0. The van der Waals surface area contributed by atoms with E-state index >= 15 is 0 Å². The van der Waals surface area contributed by atoms with Crippen molar-refractivity contribution >= 4 is 17.5 Å². The maximum absolute atomic E-state index is 11.8. The number of hydrogen-bond acceptors (Lipinski definition) is 3. The molecule has 104 valence electrons. The van der Waals surface area contributed by atoms with Crippen molar-refractivity contribution in [2.24, 2.45) is 5.92 Å². The predicted octanol–water partition coefficient (Wildman–Crippen LogP) is 1.90. The van der Waals surface area contributed by atoms with Gasteiger partial charge >= 0.3 is 0 Å². The number of aromatic nitrogens is 2. The van der Waals surface area contributed by atoms with Gasteiger partial charge < -0.3 is 5.32 Å². The van der Waals surface area contributed by atoms with E-state index < -0.39 is 0 Å². The van der Waals surface area contributed by atoms with Crippen molar-refractivity contribution in [3.8, 4) is 0 Å². The van der Waals surface area contributed by atoms with E-state index in [1.807, 2.05) is 11.6 Å². The van der Waals surface area contributed by atoms with Crippen molar-refractivity contribution in [1.29, 1.82) is 0 Å². The third-order valence-electron chi connectivity index (χ3n) is 4.02. The van der Waals surface area contributed by atoms with Crippen LogP contribution in [0.4, 0.5) is 5.82 Å². The minimum atomic E-state index is -0.269. The first-order valence-corrected chi connectivity index (χ1v) is 6.67. The standard InChI is InChI=1S/C14H21N3O2/c1-6-17-13(15-9(3)19)10-7-11(8(2)18)14(4,5)12(10)16-17/h11H,6-7H2,1-5H3,(H,15,19). The van der Waals surface area contributed by atoms with Gasteiger partial charge in [0.1, 0.15) is 11.6 Å². The summed E-state index contributed by atoms with van der Waals surface area (Å²) in [5, 5.41) is 7.45. The second-order valence-corrected chi connectivity index (χ2v) is 5.76. The van der Waals surface area contributed by atoms with E-state index in [4.69, 9.17) is 0 Å². The molecule has 1 aliphatic rings. The number of hydrogen-bond donors (Lipinski definition) is 1. The topological polar surface area (TPSA) is 64.0 Å². The fraction of sp³-hybridized carbons (Fsp3) is 0.643. The molecule has 2 rings (SSSR count). The monoisotopic (exact) mass is 263 g/mol. The molecule has 1 aliphatic carbocycles. The number of rotatable bonds is 3. The number of carbonyl (C=O) groups excluding carboxylic acids is 2. The van der Waals surface area contributed by atoms with E-state index in [9.17, 15) is 9.59 Å². The van der Waals surface area contributed by atoms with Crippen molar-refractivity contribution in [3.63, 3.8) is 0 Å². The number of amides is 1. The van der Waals surface area contributed by atoms with Crippen molar-refractivity contribution in [3.05, 3.63) is 11.3 Å². The smallest absolute Gasteiger partial charge is 0.222 e. The van der Waals surface area contributed by atoms with Crippen LogP contribution in [-0.2, 0) is 28.0 Å². The summed E-state index contributed by atoms with van der Waals surface area (Å²) < 4.78 is 1.81. The fourth-order valence-electron chi connectivity index (χ4n) is 3.02. The van der Waals surface area contributed by atoms with Gasteiger partial charge in [0, 0.05) is 30.4 Å². The fourth-order valence-corrected chi connectivity index (χ4v) is 3.02. The molecule has 0 spiro atoms. The van der Waals surface area contributed by atoms with E-state index in [0.717, 1.165) is 17.1 Å².